The van der Waals surface area contributed by atoms with Gasteiger partial charge in [0.25, 0.3) is 5.91 Å². The Morgan fingerprint density at radius 3 is 2.79 bits per heavy atom. The van der Waals surface area contributed by atoms with Crippen molar-refractivity contribution in [3.63, 3.8) is 0 Å². The van der Waals surface area contributed by atoms with Crippen molar-refractivity contribution in [2.45, 2.75) is 52.2 Å². The molecule has 19 heavy (non-hydrogen) atoms. The molecule has 5 nitrogen and oxygen atoms in total. The molecular formula is C14H23N3O2. The third kappa shape index (κ3) is 3.35. The first-order chi connectivity index (χ1) is 9.02. The summed E-state index contributed by atoms with van der Waals surface area (Å²) in [6, 6.07) is 1.84. The van der Waals surface area contributed by atoms with Crippen molar-refractivity contribution >= 4 is 5.91 Å². The Bertz CT molecular complexity index is 450. The van der Waals surface area contributed by atoms with E-state index in [0.717, 1.165) is 18.5 Å². The molecule has 0 aromatic carbocycles. The van der Waals surface area contributed by atoms with E-state index in [0.29, 0.717) is 30.6 Å². The van der Waals surface area contributed by atoms with Gasteiger partial charge in [-0.05, 0) is 37.7 Å². The Labute approximate surface area is 114 Å². The number of carbonyl (C=O) groups is 1. The van der Waals surface area contributed by atoms with Crippen molar-refractivity contribution in [1.82, 2.24) is 15.1 Å². The van der Waals surface area contributed by atoms with Crippen LogP contribution in [0.5, 0.6) is 0 Å². The number of amides is 1. The van der Waals surface area contributed by atoms with Crippen molar-refractivity contribution < 1.29 is 9.90 Å². The summed E-state index contributed by atoms with van der Waals surface area (Å²) in [5.41, 5.74) is 1.50. The highest BCUT2D eigenvalue weighted by Crippen LogP contribution is 2.32. The summed E-state index contributed by atoms with van der Waals surface area (Å²) < 4.78 is 1.72. The van der Waals surface area contributed by atoms with Gasteiger partial charge in [-0.15, -0.1) is 0 Å². The van der Waals surface area contributed by atoms with E-state index in [1.165, 1.54) is 0 Å². The highest BCUT2D eigenvalue weighted by atomic mass is 16.3. The largest absolute Gasteiger partial charge is 0.391 e. The average molecular weight is 265 g/mol. The number of hydrogen-bond donors (Lipinski definition) is 2. The predicted octanol–water partition coefficient (Wildman–Crippen LogP) is 1.53. The zero-order valence-corrected chi connectivity index (χ0v) is 11.9. The molecule has 1 atom stereocenters. The van der Waals surface area contributed by atoms with Gasteiger partial charge < -0.3 is 10.4 Å². The molecule has 1 amide bonds. The molecule has 1 aliphatic carbocycles. The molecule has 1 aliphatic rings. The Balaban J connectivity index is 2.00. The number of aryl methyl sites for hydroxylation is 1. The third-order valence-corrected chi connectivity index (χ3v) is 3.56. The second kappa shape index (κ2) is 5.74. The van der Waals surface area contributed by atoms with Crippen molar-refractivity contribution in [3.05, 3.63) is 17.5 Å². The van der Waals surface area contributed by atoms with Crippen molar-refractivity contribution in [2.24, 2.45) is 5.92 Å². The van der Waals surface area contributed by atoms with Crippen LogP contribution < -0.4 is 5.32 Å². The lowest BCUT2D eigenvalue weighted by atomic mass is 10.1. The SMILES string of the molecule is CCn1nc(C(C)C)cc1C(=O)NCC(O)C1CC1. The monoisotopic (exact) mass is 265 g/mol. The van der Waals surface area contributed by atoms with Crippen LogP contribution in [0.2, 0.25) is 0 Å². The smallest absolute Gasteiger partial charge is 0.269 e. The van der Waals surface area contributed by atoms with Crippen LogP contribution in [0.25, 0.3) is 0 Å². The van der Waals surface area contributed by atoms with Crippen LogP contribution >= 0.6 is 0 Å². The topological polar surface area (TPSA) is 67.2 Å². The van der Waals surface area contributed by atoms with Crippen LogP contribution in [0.15, 0.2) is 6.07 Å². The lowest BCUT2D eigenvalue weighted by Gasteiger charge is -2.11. The number of carbonyl (C=O) groups excluding carboxylic acids is 1. The molecule has 0 aliphatic heterocycles. The lowest BCUT2D eigenvalue weighted by Crippen LogP contribution is -2.34. The predicted molar refractivity (Wildman–Crippen MR) is 73.1 cm³/mol. The van der Waals surface area contributed by atoms with Crippen molar-refractivity contribution in [2.75, 3.05) is 6.54 Å². The zero-order valence-electron chi connectivity index (χ0n) is 11.9. The Morgan fingerprint density at radius 1 is 1.58 bits per heavy atom. The van der Waals surface area contributed by atoms with E-state index < -0.39 is 6.10 Å². The van der Waals surface area contributed by atoms with Crippen LogP contribution in [0.1, 0.15) is 55.7 Å². The van der Waals surface area contributed by atoms with Crippen LogP contribution in [0, 0.1) is 5.92 Å². The molecule has 5 heteroatoms. The summed E-state index contributed by atoms with van der Waals surface area (Å²) in [7, 11) is 0. The molecule has 106 valence electrons. The molecule has 0 bridgehead atoms. The quantitative estimate of drug-likeness (QED) is 0.819. The molecule has 0 saturated heterocycles. The summed E-state index contributed by atoms with van der Waals surface area (Å²) in [5, 5.41) is 17.0. The standard InChI is InChI=1S/C14H23N3O2/c1-4-17-12(7-11(16-17)9(2)3)14(19)15-8-13(18)10-5-6-10/h7,9-10,13,18H,4-6,8H2,1-3H3,(H,15,19). The van der Waals surface area contributed by atoms with Gasteiger partial charge in [-0.1, -0.05) is 13.8 Å². The third-order valence-electron chi connectivity index (χ3n) is 3.56. The number of aliphatic hydroxyl groups is 1. The maximum absolute atomic E-state index is 12.1. The summed E-state index contributed by atoms with van der Waals surface area (Å²) >= 11 is 0. The van der Waals surface area contributed by atoms with Crippen molar-refractivity contribution in [3.8, 4) is 0 Å². The summed E-state index contributed by atoms with van der Waals surface area (Å²) in [6.07, 6.45) is 1.73. The van der Waals surface area contributed by atoms with E-state index in [9.17, 15) is 9.90 Å². The van der Waals surface area contributed by atoms with Crippen molar-refractivity contribution in [1.29, 1.82) is 0 Å². The molecule has 2 N–H and O–H groups in total. The number of nitrogens with one attached hydrogen (secondary N) is 1. The van der Waals surface area contributed by atoms with E-state index in [-0.39, 0.29) is 5.91 Å². The van der Waals surface area contributed by atoms with E-state index in [1.807, 2.05) is 13.0 Å². The summed E-state index contributed by atoms with van der Waals surface area (Å²) in [4.78, 5) is 12.1. The van der Waals surface area contributed by atoms with Gasteiger partial charge in [0.1, 0.15) is 5.69 Å². The lowest BCUT2D eigenvalue weighted by molar-refractivity contribution is 0.0891. The Kier molecular flexibility index (Phi) is 4.24. The fourth-order valence-corrected chi connectivity index (χ4v) is 2.08. The zero-order chi connectivity index (χ0) is 14.0. The van der Waals surface area contributed by atoms with Gasteiger partial charge in [0, 0.05) is 13.1 Å². The molecular weight excluding hydrogens is 242 g/mol. The summed E-state index contributed by atoms with van der Waals surface area (Å²) in [5.74, 6) is 0.528. The van der Waals surface area contributed by atoms with E-state index in [4.69, 9.17) is 0 Å². The second-order valence-corrected chi connectivity index (χ2v) is 5.54. The molecule has 1 unspecified atom stereocenters. The number of aliphatic hydroxyl groups excluding tert-OH is 1. The van der Waals surface area contributed by atoms with Gasteiger partial charge in [0.2, 0.25) is 0 Å². The van der Waals surface area contributed by atoms with Gasteiger partial charge in [-0.2, -0.15) is 5.10 Å². The minimum atomic E-state index is -0.411. The second-order valence-electron chi connectivity index (χ2n) is 5.54. The normalized spacial score (nSPS) is 16.7. The first kappa shape index (κ1) is 14.1. The molecule has 1 heterocycles. The maximum Gasteiger partial charge on any atom is 0.269 e. The Morgan fingerprint density at radius 2 is 2.26 bits per heavy atom. The van der Waals surface area contributed by atoms with Crippen LogP contribution in [-0.4, -0.2) is 33.4 Å². The average Bonchev–Trinajstić information content (AvgIpc) is 3.13. The molecule has 1 aromatic heterocycles. The summed E-state index contributed by atoms with van der Waals surface area (Å²) in [6.45, 7) is 7.07. The number of nitrogens with zero attached hydrogens (tertiary/aromatic N) is 2. The highest BCUT2D eigenvalue weighted by molar-refractivity contribution is 5.92. The fraction of sp³-hybridized carbons (Fsp3) is 0.714. The maximum atomic E-state index is 12.1. The van der Waals surface area contributed by atoms with Crippen LogP contribution in [0.4, 0.5) is 0 Å². The van der Waals surface area contributed by atoms with Crippen LogP contribution in [0.3, 0.4) is 0 Å². The van der Waals surface area contributed by atoms with Gasteiger partial charge >= 0.3 is 0 Å². The fourth-order valence-electron chi connectivity index (χ4n) is 2.08. The highest BCUT2D eigenvalue weighted by Gasteiger charge is 2.30. The van der Waals surface area contributed by atoms with Crippen LogP contribution in [-0.2, 0) is 6.54 Å². The molecule has 0 radical (unpaired) electrons. The van der Waals surface area contributed by atoms with Gasteiger partial charge in [-0.25, -0.2) is 0 Å². The number of rotatable bonds is 6. The van der Waals surface area contributed by atoms with E-state index in [2.05, 4.69) is 24.3 Å². The first-order valence-electron chi connectivity index (χ1n) is 7.07. The van der Waals surface area contributed by atoms with Gasteiger partial charge in [-0.3, -0.25) is 9.48 Å². The number of hydrogen-bond acceptors (Lipinski definition) is 3. The van der Waals surface area contributed by atoms with E-state index in [1.54, 1.807) is 4.68 Å². The van der Waals surface area contributed by atoms with E-state index >= 15 is 0 Å². The Hall–Kier alpha value is -1.36. The molecule has 2 rings (SSSR count). The molecule has 1 saturated carbocycles. The van der Waals surface area contributed by atoms with Gasteiger partial charge in [0.15, 0.2) is 0 Å². The molecule has 1 fully saturated rings. The minimum absolute atomic E-state index is 0.152. The number of aromatic nitrogens is 2. The molecule has 0 spiro atoms. The molecule has 1 aromatic rings. The first-order valence-corrected chi connectivity index (χ1v) is 7.07. The van der Waals surface area contributed by atoms with Gasteiger partial charge in [0.05, 0.1) is 11.8 Å². The minimum Gasteiger partial charge on any atom is -0.391 e.